The first kappa shape index (κ1) is 14.7. The lowest BCUT2D eigenvalue weighted by atomic mass is 10.3. The number of ether oxygens (including phenoxy) is 2. The zero-order valence-electron chi connectivity index (χ0n) is 10.1. The Morgan fingerprint density at radius 1 is 1.39 bits per heavy atom. The Morgan fingerprint density at radius 3 is 2.56 bits per heavy atom. The first-order valence-corrected chi connectivity index (χ1v) is 6.12. The van der Waals surface area contributed by atoms with E-state index in [9.17, 15) is 9.90 Å². The van der Waals surface area contributed by atoms with Crippen LogP contribution in [0.15, 0.2) is 42.5 Å². The molecule has 0 aromatic heterocycles. The van der Waals surface area contributed by atoms with Crippen molar-refractivity contribution >= 4 is 21.9 Å². The number of rotatable bonds is 6. The van der Waals surface area contributed by atoms with Crippen LogP contribution in [0.3, 0.4) is 0 Å². The van der Waals surface area contributed by atoms with Gasteiger partial charge in [-0.05, 0) is 35.0 Å². The van der Waals surface area contributed by atoms with Crippen molar-refractivity contribution in [1.29, 1.82) is 0 Å². The van der Waals surface area contributed by atoms with Crippen molar-refractivity contribution in [2.24, 2.45) is 0 Å². The van der Waals surface area contributed by atoms with Crippen molar-refractivity contribution in [2.45, 2.75) is 11.4 Å². The van der Waals surface area contributed by atoms with E-state index in [4.69, 9.17) is 9.47 Å². The first-order chi connectivity index (χ1) is 8.41. The molecule has 0 radical (unpaired) electrons. The average molecular weight is 315 g/mol. The molecular formula is C13H15BrO4. The number of carbonyl (C=O) groups excluding carboxylic acids is 1. The van der Waals surface area contributed by atoms with E-state index in [1.54, 1.807) is 12.1 Å². The smallest absolute Gasteiger partial charge is 0.333 e. The van der Waals surface area contributed by atoms with Crippen molar-refractivity contribution in [3.8, 4) is 5.75 Å². The van der Waals surface area contributed by atoms with Gasteiger partial charge in [0.15, 0.2) is 4.51 Å². The zero-order valence-corrected chi connectivity index (χ0v) is 11.6. The third-order valence-corrected chi connectivity index (χ3v) is 2.43. The predicted octanol–water partition coefficient (Wildman–Crippen LogP) is 2.27. The molecule has 0 saturated heterocycles. The maximum absolute atomic E-state index is 11.2. The van der Waals surface area contributed by atoms with Crippen LogP contribution in [-0.2, 0) is 9.53 Å². The average Bonchev–Trinajstić information content (AvgIpc) is 2.35. The molecule has 0 fully saturated rings. The van der Waals surface area contributed by atoms with Crippen LogP contribution in [0.5, 0.6) is 5.75 Å². The minimum Gasteiger partial charge on any atom is -0.490 e. The highest BCUT2D eigenvalue weighted by Crippen LogP contribution is 2.18. The van der Waals surface area contributed by atoms with Gasteiger partial charge in [0.1, 0.15) is 19.0 Å². The lowest BCUT2D eigenvalue weighted by Crippen LogP contribution is -2.35. The minimum atomic E-state index is -1.42. The van der Waals surface area contributed by atoms with E-state index in [0.717, 1.165) is 0 Å². The molecule has 1 atom stereocenters. The topological polar surface area (TPSA) is 55.8 Å². The molecule has 5 heteroatoms. The third kappa shape index (κ3) is 5.33. The van der Waals surface area contributed by atoms with Gasteiger partial charge in [-0.3, -0.25) is 0 Å². The third-order valence-electron chi connectivity index (χ3n) is 1.98. The summed E-state index contributed by atoms with van der Waals surface area (Å²) in [5.41, 5.74) is 0.280. The molecule has 18 heavy (non-hydrogen) atoms. The molecule has 0 amide bonds. The van der Waals surface area contributed by atoms with Gasteiger partial charge in [-0.2, -0.15) is 0 Å². The van der Waals surface area contributed by atoms with Crippen molar-refractivity contribution in [3.63, 3.8) is 0 Å². The first-order valence-electron chi connectivity index (χ1n) is 5.32. The summed E-state index contributed by atoms with van der Waals surface area (Å²) in [7, 11) is 0. The number of aliphatic hydroxyl groups is 1. The molecule has 0 bridgehead atoms. The summed E-state index contributed by atoms with van der Waals surface area (Å²) >= 11 is 3.04. The molecule has 0 aliphatic rings. The Bertz CT molecular complexity index is 414. The second-order valence-corrected chi connectivity index (χ2v) is 5.35. The highest BCUT2D eigenvalue weighted by molar-refractivity contribution is 9.10. The van der Waals surface area contributed by atoms with Gasteiger partial charge in [0.05, 0.1) is 0 Å². The summed E-state index contributed by atoms with van der Waals surface area (Å²) in [6.07, 6.45) is 0. The standard InChI is InChI=1S/C13H15BrO4/c1-10(2)12(15)18-9-13(14,16)8-17-11-6-4-3-5-7-11/h3-7,16H,1,8-9H2,2H3. The second-order valence-electron chi connectivity index (χ2n) is 3.88. The number of hydrogen-bond donors (Lipinski definition) is 1. The van der Waals surface area contributed by atoms with Crippen LogP contribution in [0.2, 0.25) is 0 Å². The molecule has 1 aromatic carbocycles. The molecule has 1 rings (SSSR count). The van der Waals surface area contributed by atoms with E-state index in [-0.39, 0.29) is 18.8 Å². The molecule has 0 heterocycles. The van der Waals surface area contributed by atoms with Crippen LogP contribution in [0.1, 0.15) is 6.92 Å². The highest BCUT2D eigenvalue weighted by atomic mass is 79.9. The summed E-state index contributed by atoms with van der Waals surface area (Å²) in [5.74, 6) is 0.0780. The van der Waals surface area contributed by atoms with Crippen LogP contribution >= 0.6 is 15.9 Å². The number of halogens is 1. The molecule has 0 aliphatic heterocycles. The molecule has 0 saturated carbocycles. The summed E-state index contributed by atoms with van der Waals surface area (Å²) < 4.78 is 8.77. The van der Waals surface area contributed by atoms with Crippen molar-refractivity contribution < 1.29 is 19.4 Å². The highest BCUT2D eigenvalue weighted by Gasteiger charge is 2.26. The number of alkyl halides is 1. The number of esters is 1. The Hall–Kier alpha value is -1.33. The van der Waals surface area contributed by atoms with Crippen molar-refractivity contribution in [2.75, 3.05) is 13.2 Å². The van der Waals surface area contributed by atoms with E-state index in [1.807, 2.05) is 18.2 Å². The Kier molecular flexibility index (Phi) is 5.37. The van der Waals surface area contributed by atoms with E-state index in [0.29, 0.717) is 5.75 Å². The Balaban J connectivity index is 2.40. The molecule has 0 aliphatic carbocycles. The van der Waals surface area contributed by atoms with Crippen LogP contribution in [0.25, 0.3) is 0 Å². The fourth-order valence-electron chi connectivity index (χ4n) is 1.05. The summed E-state index contributed by atoms with van der Waals surface area (Å²) in [5, 5.41) is 9.89. The number of para-hydroxylation sites is 1. The van der Waals surface area contributed by atoms with E-state index < -0.39 is 10.5 Å². The van der Waals surface area contributed by atoms with Crippen LogP contribution < -0.4 is 4.74 Å². The lowest BCUT2D eigenvalue weighted by Gasteiger charge is -2.21. The fraction of sp³-hybridized carbons (Fsp3) is 0.308. The van der Waals surface area contributed by atoms with E-state index in [2.05, 4.69) is 22.5 Å². The van der Waals surface area contributed by atoms with Gasteiger partial charge >= 0.3 is 5.97 Å². The van der Waals surface area contributed by atoms with Crippen molar-refractivity contribution in [1.82, 2.24) is 0 Å². The summed E-state index contributed by atoms with van der Waals surface area (Å²) in [6, 6.07) is 9.04. The molecule has 98 valence electrons. The monoisotopic (exact) mass is 314 g/mol. The van der Waals surface area contributed by atoms with Gasteiger partial charge in [-0.1, -0.05) is 24.8 Å². The van der Waals surface area contributed by atoms with E-state index >= 15 is 0 Å². The number of benzene rings is 1. The predicted molar refractivity (Wildman–Crippen MR) is 71.6 cm³/mol. The Labute approximate surface area is 114 Å². The number of carbonyl (C=O) groups is 1. The second kappa shape index (κ2) is 6.56. The van der Waals surface area contributed by atoms with Crippen molar-refractivity contribution in [3.05, 3.63) is 42.5 Å². The molecule has 1 aromatic rings. The van der Waals surface area contributed by atoms with Gasteiger partial charge in [0, 0.05) is 5.57 Å². The van der Waals surface area contributed by atoms with Gasteiger partial charge < -0.3 is 14.6 Å². The molecule has 4 nitrogen and oxygen atoms in total. The summed E-state index contributed by atoms with van der Waals surface area (Å²) in [6.45, 7) is 4.73. The summed E-state index contributed by atoms with van der Waals surface area (Å²) in [4.78, 5) is 11.2. The molecule has 1 N–H and O–H groups in total. The van der Waals surface area contributed by atoms with Crippen LogP contribution in [-0.4, -0.2) is 28.8 Å². The minimum absolute atomic E-state index is 0.0412. The maximum atomic E-state index is 11.2. The fourth-order valence-corrected chi connectivity index (χ4v) is 1.28. The SMILES string of the molecule is C=C(C)C(=O)OCC(O)(Br)COc1ccccc1. The van der Waals surface area contributed by atoms with Gasteiger partial charge in [0.25, 0.3) is 0 Å². The largest absolute Gasteiger partial charge is 0.490 e. The lowest BCUT2D eigenvalue weighted by molar-refractivity contribution is -0.143. The molecular weight excluding hydrogens is 300 g/mol. The number of hydrogen-bond acceptors (Lipinski definition) is 4. The van der Waals surface area contributed by atoms with E-state index in [1.165, 1.54) is 6.92 Å². The quantitative estimate of drug-likeness (QED) is 0.497. The van der Waals surface area contributed by atoms with Crippen LogP contribution in [0.4, 0.5) is 0 Å². The van der Waals surface area contributed by atoms with Gasteiger partial charge in [-0.15, -0.1) is 0 Å². The van der Waals surface area contributed by atoms with Gasteiger partial charge in [-0.25, -0.2) is 4.79 Å². The molecule has 0 spiro atoms. The normalized spacial score (nSPS) is 13.5. The Morgan fingerprint density at radius 2 is 2.00 bits per heavy atom. The molecule has 1 unspecified atom stereocenters. The van der Waals surface area contributed by atoms with Crippen LogP contribution in [0, 0.1) is 0 Å². The van der Waals surface area contributed by atoms with Gasteiger partial charge in [0.2, 0.25) is 0 Å². The maximum Gasteiger partial charge on any atom is 0.333 e. The zero-order chi connectivity index (χ0) is 13.6.